The molecule has 1 aromatic carbocycles. The molecule has 0 radical (unpaired) electrons. The fraction of sp³-hybridized carbons (Fsp3) is 0.200. The molecule has 0 fully saturated rings. The first-order valence-corrected chi connectivity index (χ1v) is 7.02. The Balaban J connectivity index is 1.93. The average molecular weight is 335 g/mol. The summed E-state index contributed by atoms with van der Waals surface area (Å²) in [5.41, 5.74) is 1.46. The summed E-state index contributed by atoms with van der Waals surface area (Å²) in [6.07, 6.45) is 2.31. The quantitative estimate of drug-likeness (QED) is 0.914. The third kappa shape index (κ3) is 3.57. The second-order valence-corrected chi connectivity index (χ2v) is 5.01. The van der Waals surface area contributed by atoms with Gasteiger partial charge in [0, 0.05) is 17.2 Å². The Kier molecular flexibility index (Phi) is 5.12. The number of carbonyl (C=O) groups excluding carboxylic acids is 1. The minimum Gasteiger partial charge on any atom is -0.496 e. The van der Waals surface area contributed by atoms with Crippen LogP contribution in [-0.2, 0) is 6.42 Å². The van der Waals surface area contributed by atoms with E-state index in [9.17, 15) is 4.79 Å². The number of para-hydroxylation sites is 1. The number of amides is 1. The molecule has 4 nitrogen and oxygen atoms in total. The van der Waals surface area contributed by atoms with E-state index in [1.54, 1.807) is 25.4 Å². The van der Waals surface area contributed by atoms with Crippen molar-refractivity contribution in [1.82, 2.24) is 10.3 Å². The molecule has 0 spiro atoms. The van der Waals surface area contributed by atoms with E-state index in [1.807, 2.05) is 24.3 Å². The average Bonchev–Trinajstić information content (AvgIpc) is 2.48. The maximum absolute atomic E-state index is 12.0. The molecule has 1 amide bonds. The third-order valence-electron chi connectivity index (χ3n) is 2.85. The van der Waals surface area contributed by atoms with Gasteiger partial charge in [0.15, 0.2) is 0 Å². The van der Waals surface area contributed by atoms with E-state index >= 15 is 0 Å². The lowest BCUT2D eigenvalue weighted by molar-refractivity contribution is 0.0948. The van der Waals surface area contributed by atoms with Crippen LogP contribution in [0.15, 0.2) is 47.1 Å². The molecule has 0 atom stereocenters. The van der Waals surface area contributed by atoms with Gasteiger partial charge < -0.3 is 10.1 Å². The molecule has 0 aliphatic rings. The minimum atomic E-state index is -0.188. The fourth-order valence-electron chi connectivity index (χ4n) is 1.86. The Morgan fingerprint density at radius 1 is 1.30 bits per heavy atom. The van der Waals surface area contributed by atoms with Crippen molar-refractivity contribution in [1.29, 1.82) is 0 Å². The van der Waals surface area contributed by atoms with Crippen molar-refractivity contribution < 1.29 is 9.53 Å². The zero-order valence-electron chi connectivity index (χ0n) is 11.1. The molecule has 2 aromatic rings. The highest BCUT2D eigenvalue weighted by Crippen LogP contribution is 2.17. The number of carbonyl (C=O) groups is 1. The maximum atomic E-state index is 12.0. The summed E-state index contributed by atoms with van der Waals surface area (Å²) >= 11 is 3.31. The van der Waals surface area contributed by atoms with Gasteiger partial charge in [0.25, 0.3) is 5.91 Å². The number of pyridine rings is 1. The molecular formula is C15H15BrN2O2. The maximum Gasteiger partial charge on any atom is 0.271 e. The van der Waals surface area contributed by atoms with Crippen LogP contribution in [0.3, 0.4) is 0 Å². The van der Waals surface area contributed by atoms with Crippen molar-refractivity contribution in [2.75, 3.05) is 13.7 Å². The van der Waals surface area contributed by atoms with E-state index in [0.29, 0.717) is 23.1 Å². The van der Waals surface area contributed by atoms with Crippen LogP contribution in [0.5, 0.6) is 5.75 Å². The summed E-state index contributed by atoms with van der Waals surface area (Å²) in [5, 5.41) is 2.85. The van der Waals surface area contributed by atoms with Gasteiger partial charge in [-0.2, -0.15) is 0 Å². The standard InChI is InChI=1S/C15H15BrN2O2/c1-20-13-7-3-2-5-11(13)8-10-18-15(19)14-12(16)6-4-9-17-14/h2-7,9H,8,10H2,1H3,(H,18,19). The van der Waals surface area contributed by atoms with E-state index in [0.717, 1.165) is 11.3 Å². The molecule has 0 aliphatic heterocycles. The van der Waals surface area contributed by atoms with Crippen molar-refractivity contribution >= 4 is 21.8 Å². The number of halogens is 1. The Morgan fingerprint density at radius 2 is 2.10 bits per heavy atom. The van der Waals surface area contributed by atoms with E-state index in [2.05, 4.69) is 26.2 Å². The lowest BCUT2D eigenvalue weighted by atomic mass is 10.1. The van der Waals surface area contributed by atoms with Crippen molar-refractivity contribution in [3.05, 3.63) is 58.3 Å². The SMILES string of the molecule is COc1ccccc1CCNC(=O)c1ncccc1Br. The van der Waals surface area contributed by atoms with Crippen LogP contribution in [0.4, 0.5) is 0 Å². The van der Waals surface area contributed by atoms with Gasteiger partial charge in [0.05, 0.1) is 7.11 Å². The van der Waals surface area contributed by atoms with Gasteiger partial charge in [-0.3, -0.25) is 4.79 Å². The molecule has 2 rings (SSSR count). The van der Waals surface area contributed by atoms with Gasteiger partial charge in [-0.05, 0) is 46.1 Å². The normalized spacial score (nSPS) is 10.1. The van der Waals surface area contributed by atoms with Gasteiger partial charge >= 0.3 is 0 Å². The van der Waals surface area contributed by atoms with Gasteiger partial charge in [0.1, 0.15) is 11.4 Å². The second-order valence-electron chi connectivity index (χ2n) is 4.15. The number of ether oxygens (including phenoxy) is 1. The summed E-state index contributed by atoms with van der Waals surface area (Å²) in [5.74, 6) is 0.646. The van der Waals surface area contributed by atoms with Gasteiger partial charge in [-0.25, -0.2) is 4.98 Å². The third-order valence-corrected chi connectivity index (χ3v) is 3.49. The largest absolute Gasteiger partial charge is 0.496 e. The number of nitrogens with zero attached hydrogens (tertiary/aromatic N) is 1. The predicted molar refractivity (Wildman–Crippen MR) is 81.0 cm³/mol. The van der Waals surface area contributed by atoms with E-state index < -0.39 is 0 Å². The molecule has 1 heterocycles. The highest BCUT2D eigenvalue weighted by Gasteiger charge is 2.10. The monoisotopic (exact) mass is 334 g/mol. The van der Waals surface area contributed by atoms with E-state index in [1.165, 1.54) is 0 Å². The van der Waals surface area contributed by atoms with Gasteiger partial charge in [-0.15, -0.1) is 0 Å². The molecule has 5 heteroatoms. The van der Waals surface area contributed by atoms with Crippen molar-refractivity contribution in [3.8, 4) is 5.75 Å². The Labute approximate surface area is 126 Å². The molecule has 0 unspecified atom stereocenters. The molecule has 0 saturated heterocycles. The van der Waals surface area contributed by atoms with E-state index in [-0.39, 0.29) is 5.91 Å². The molecule has 0 bridgehead atoms. The summed E-state index contributed by atoms with van der Waals surface area (Å²) in [6.45, 7) is 0.530. The summed E-state index contributed by atoms with van der Waals surface area (Å²) in [6, 6.07) is 11.3. The second kappa shape index (κ2) is 7.05. The van der Waals surface area contributed by atoms with Crippen LogP contribution in [0.25, 0.3) is 0 Å². The number of methoxy groups -OCH3 is 1. The van der Waals surface area contributed by atoms with Gasteiger partial charge in [-0.1, -0.05) is 18.2 Å². The van der Waals surface area contributed by atoms with Crippen molar-refractivity contribution in [3.63, 3.8) is 0 Å². The molecule has 104 valence electrons. The Morgan fingerprint density at radius 3 is 2.85 bits per heavy atom. The van der Waals surface area contributed by atoms with Crippen LogP contribution < -0.4 is 10.1 Å². The first kappa shape index (κ1) is 14.5. The number of hydrogen-bond donors (Lipinski definition) is 1. The molecular weight excluding hydrogens is 320 g/mol. The lowest BCUT2D eigenvalue weighted by Gasteiger charge is -2.09. The van der Waals surface area contributed by atoms with Crippen molar-refractivity contribution in [2.24, 2.45) is 0 Å². The zero-order valence-corrected chi connectivity index (χ0v) is 12.7. The summed E-state index contributed by atoms with van der Waals surface area (Å²) in [7, 11) is 1.64. The van der Waals surface area contributed by atoms with Crippen molar-refractivity contribution in [2.45, 2.75) is 6.42 Å². The van der Waals surface area contributed by atoms with Crippen LogP contribution in [0.1, 0.15) is 16.1 Å². The summed E-state index contributed by atoms with van der Waals surface area (Å²) in [4.78, 5) is 16.0. The lowest BCUT2D eigenvalue weighted by Crippen LogP contribution is -2.26. The highest BCUT2D eigenvalue weighted by molar-refractivity contribution is 9.10. The molecule has 1 N–H and O–H groups in total. The van der Waals surface area contributed by atoms with Crippen LogP contribution >= 0.6 is 15.9 Å². The number of hydrogen-bond acceptors (Lipinski definition) is 3. The van der Waals surface area contributed by atoms with E-state index in [4.69, 9.17) is 4.74 Å². The molecule has 1 aromatic heterocycles. The Hall–Kier alpha value is -1.88. The number of nitrogens with one attached hydrogen (secondary N) is 1. The minimum absolute atomic E-state index is 0.188. The first-order chi connectivity index (χ1) is 9.72. The van der Waals surface area contributed by atoms with Crippen LogP contribution in [0, 0.1) is 0 Å². The molecule has 0 aliphatic carbocycles. The van der Waals surface area contributed by atoms with Crippen LogP contribution in [-0.4, -0.2) is 24.5 Å². The number of benzene rings is 1. The first-order valence-electron chi connectivity index (χ1n) is 6.23. The fourth-order valence-corrected chi connectivity index (χ4v) is 2.29. The van der Waals surface area contributed by atoms with Gasteiger partial charge in [0.2, 0.25) is 0 Å². The number of rotatable bonds is 5. The highest BCUT2D eigenvalue weighted by atomic mass is 79.9. The molecule has 0 saturated carbocycles. The topological polar surface area (TPSA) is 51.2 Å². The predicted octanol–water partition coefficient (Wildman–Crippen LogP) is 2.83. The smallest absolute Gasteiger partial charge is 0.271 e. The summed E-state index contributed by atoms with van der Waals surface area (Å²) < 4.78 is 5.96. The Bertz CT molecular complexity index is 602. The molecule has 20 heavy (non-hydrogen) atoms. The number of aromatic nitrogens is 1. The zero-order chi connectivity index (χ0) is 14.4. The van der Waals surface area contributed by atoms with Crippen LogP contribution in [0.2, 0.25) is 0 Å².